The summed E-state index contributed by atoms with van der Waals surface area (Å²) >= 11 is 0. The van der Waals surface area contributed by atoms with Crippen LogP contribution in [0.1, 0.15) is 24.0 Å². The second-order valence-corrected chi connectivity index (χ2v) is 6.26. The minimum absolute atomic E-state index is 0.269. The number of carbonyl (C=O) groups excluding carboxylic acids is 2. The number of carbonyl (C=O) groups is 2. The average Bonchev–Trinajstić information content (AvgIpc) is 2.79. The summed E-state index contributed by atoms with van der Waals surface area (Å²) in [4.78, 5) is 23.4. The van der Waals surface area contributed by atoms with E-state index in [-0.39, 0.29) is 13.2 Å². The topological polar surface area (TPSA) is 71.1 Å². The molecule has 2 rings (SSSR count). The summed E-state index contributed by atoms with van der Waals surface area (Å²) in [6.45, 7) is 0.538. The summed E-state index contributed by atoms with van der Waals surface area (Å²) in [6, 6.07) is 14.7. The Hall–Kier alpha value is -3.54. The summed E-state index contributed by atoms with van der Waals surface area (Å²) in [6.07, 6.45) is 7.34. The summed E-state index contributed by atoms with van der Waals surface area (Å²) < 4.78 is 20.4. The largest absolute Gasteiger partial charge is 0.497 e. The summed E-state index contributed by atoms with van der Waals surface area (Å²) in [7, 11) is 3.20. The molecule has 0 amide bonds. The van der Waals surface area contributed by atoms with Gasteiger partial charge in [-0.25, -0.2) is 9.59 Å². The van der Waals surface area contributed by atoms with E-state index in [1.165, 1.54) is 12.2 Å². The van der Waals surface area contributed by atoms with Crippen LogP contribution in [0.15, 0.2) is 60.7 Å². The Bertz CT molecular complexity index is 777. The molecule has 0 radical (unpaired) electrons. The molecule has 2 aromatic rings. The number of ether oxygens (including phenoxy) is 4. The van der Waals surface area contributed by atoms with Gasteiger partial charge in [-0.1, -0.05) is 24.3 Å². The summed E-state index contributed by atoms with van der Waals surface area (Å²) in [5.41, 5.74) is 1.75. The van der Waals surface area contributed by atoms with Crippen molar-refractivity contribution in [2.75, 3.05) is 27.4 Å². The molecule has 0 atom stereocenters. The number of esters is 2. The molecule has 0 heterocycles. The fourth-order valence-electron chi connectivity index (χ4n) is 2.40. The number of rotatable bonds is 11. The monoisotopic (exact) mass is 410 g/mol. The summed E-state index contributed by atoms with van der Waals surface area (Å²) in [5.74, 6) is 0.689. The number of unbranched alkanes of at least 4 members (excludes halogenated alkanes) is 1. The molecule has 30 heavy (non-hydrogen) atoms. The molecule has 0 aliphatic rings. The maximum Gasteiger partial charge on any atom is 0.330 e. The van der Waals surface area contributed by atoms with Gasteiger partial charge in [-0.15, -0.1) is 0 Å². The smallest absolute Gasteiger partial charge is 0.330 e. The Kier molecular flexibility index (Phi) is 9.73. The van der Waals surface area contributed by atoms with Crippen LogP contribution in [0.5, 0.6) is 11.5 Å². The minimum atomic E-state index is -0.412. The van der Waals surface area contributed by atoms with E-state index >= 15 is 0 Å². The van der Waals surface area contributed by atoms with Gasteiger partial charge in [-0.2, -0.15) is 0 Å². The van der Waals surface area contributed by atoms with Gasteiger partial charge in [0.25, 0.3) is 0 Å². The molecule has 0 fully saturated rings. The molecule has 0 saturated carbocycles. The fourth-order valence-corrected chi connectivity index (χ4v) is 2.40. The highest BCUT2D eigenvalue weighted by atomic mass is 16.5. The van der Waals surface area contributed by atoms with Gasteiger partial charge in [0.05, 0.1) is 27.4 Å². The highest BCUT2D eigenvalue weighted by Crippen LogP contribution is 2.13. The van der Waals surface area contributed by atoms with Crippen LogP contribution in [0.3, 0.4) is 0 Å². The molecule has 0 aliphatic carbocycles. The highest BCUT2D eigenvalue weighted by molar-refractivity contribution is 5.87. The lowest BCUT2D eigenvalue weighted by Gasteiger charge is -2.03. The Morgan fingerprint density at radius 3 is 1.37 bits per heavy atom. The maximum atomic E-state index is 11.7. The van der Waals surface area contributed by atoms with E-state index in [2.05, 4.69) is 0 Å². The molecule has 0 aliphatic heterocycles. The lowest BCUT2D eigenvalue weighted by Crippen LogP contribution is -2.06. The predicted molar refractivity (Wildman–Crippen MR) is 115 cm³/mol. The van der Waals surface area contributed by atoms with E-state index in [0.717, 1.165) is 22.6 Å². The lowest BCUT2D eigenvalue weighted by molar-refractivity contribution is -0.140. The molecular weight excluding hydrogens is 384 g/mol. The Morgan fingerprint density at radius 2 is 1.03 bits per heavy atom. The molecule has 0 aromatic heterocycles. The maximum absolute atomic E-state index is 11.7. The third-order valence-corrected chi connectivity index (χ3v) is 4.08. The number of methoxy groups -OCH3 is 2. The van der Waals surface area contributed by atoms with E-state index in [1.54, 1.807) is 26.4 Å². The molecule has 0 N–H and O–H groups in total. The Balaban J connectivity index is 1.57. The zero-order valence-electron chi connectivity index (χ0n) is 17.2. The Morgan fingerprint density at radius 1 is 0.667 bits per heavy atom. The van der Waals surface area contributed by atoms with Gasteiger partial charge in [0, 0.05) is 12.2 Å². The van der Waals surface area contributed by atoms with Crippen molar-refractivity contribution in [2.24, 2.45) is 0 Å². The first-order valence-electron chi connectivity index (χ1n) is 9.58. The molecule has 0 saturated heterocycles. The van der Waals surface area contributed by atoms with Gasteiger partial charge in [-0.05, 0) is 60.4 Å². The van der Waals surface area contributed by atoms with Crippen LogP contribution in [0.2, 0.25) is 0 Å². The first kappa shape index (κ1) is 22.7. The standard InChI is InChI=1S/C24H26O6/c1-27-21-11-5-19(6-12-21)9-15-23(25)29-17-3-4-18-30-24(26)16-10-20-7-13-22(28-2)14-8-20/h5-16H,3-4,17-18H2,1-2H3/b15-9-,16-10+. The predicted octanol–water partition coefficient (Wildman–Crippen LogP) is 4.30. The molecule has 2 aromatic carbocycles. The van der Waals surface area contributed by atoms with Crippen molar-refractivity contribution >= 4 is 24.1 Å². The number of hydrogen-bond acceptors (Lipinski definition) is 6. The van der Waals surface area contributed by atoms with E-state index in [4.69, 9.17) is 18.9 Å². The number of hydrogen-bond donors (Lipinski definition) is 0. The third kappa shape index (κ3) is 8.65. The molecular formula is C24H26O6. The quantitative estimate of drug-likeness (QED) is 0.313. The average molecular weight is 410 g/mol. The zero-order chi connectivity index (χ0) is 21.6. The van der Waals surface area contributed by atoms with Crippen LogP contribution in [0.4, 0.5) is 0 Å². The second-order valence-electron chi connectivity index (χ2n) is 6.26. The molecule has 0 spiro atoms. The van der Waals surface area contributed by atoms with Crippen molar-refractivity contribution in [1.29, 1.82) is 0 Å². The van der Waals surface area contributed by atoms with Gasteiger partial charge < -0.3 is 18.9 Å². The van der Waals surface area contributed by atoms with Crippen molar-refractivity contribution in [1.82, 2.24) is 0 Å². The molecule has 6 heteroatoms. The van der Waals surface area contributed by atoms with Crippen LogP contribution in [0, 0.1) is 0 Å². The minimum Gasteiger partial charge on any atom is -0.497 e. The van der Waals surface area contributed by atoms with E-state index in [9.17, 15) is 9.59 Å². The summed E-state index contributed by atoms with van der Waals surface area (Å²) in [5, 5.41) is 0. The third-order valence-electron chi connectivity index (χ3n) is 4.08. The molecule has 0 bridgehead atoms. The zero-order valence-corrected chi connectivity index (χ0v) is 17.2. The van der Waals surface area contributed by atoms with E-state index < -0.39 is 11.9 Å². The van der Waals surface area contributed by atoms with Crippen LogP contribution >= 0.6 is 0 Å². The van der Waals surface area contributed by atoms with Crippen molar-refractivity contribution in [3.05, 3.63) is 71.8 Å². The van der Waals surface area contributed by atoms with Gasteiger partial charge in [0.2, 0.25) is 0 Å². The second kappa shape index (κ2) is 12.8. The lowest BCUT2D eigenvalue weighted by atomic mass is 10.2. The molecule has 0 unspecified atom stereocenters. The van der Waals surface area contributed by atoms with Crippen molar-refractivity contribution in [2.45, 2.75) is 12.8 Å². The number of benzene rings is 2. The van der Waals surface area contributed by atoms with Crippen LogP contribution in [-0.2, 0) is 19.1 Å². The van der Waals surface area contributed by atoms with E-state index in [0.29, 0.717) is 12.8 Å². The van der Waals surface area contributed by atoms with Crippen LogP contribution in [-0.4, -0.2) is 39.4 Å². The van der Waals surface area contributed by atoms with Crippen LogP contribution < -0.4 is 9.47 Å². The molecule has 6 nitrogen and oxygen atoms in total. The van der Waals surface area contributed by atoms with Gasteiger partial charge >= 0.3 is 11.9 Å². The van der Waals surface area contributed by atoms with Gasteiger partial charge in [0.15, 0.2) is 0 Å². The Labute approximate surface area is 176 Å². The van der Waals surface area contributed by atoms with Crippen molar-refractivity contribution in [3.63, 3.8) is 0 Å². The SMILES string of the molecule is COc1ccc(/C=C\C(=O)OCCCCOC(=O)/C=C/c2ccc(OC)cc2)cc1. The normalized spacial score (nSPS) is 10.9. The highest BCUT2D eigenvalue weighted by Gasteiger charge is 2.00. The van der Waals surface area contributed by atoms with Gasteiger partial charge in [0.1, 0.15) is 11.5 Å². The first-order valence-corrected chi connectivity index (χ1v) is 9.58. The molecule has 158 valence electrons. The van der Waals surface area contributed by atoms with Crippen LogP contribution in [0.25, 0.3) is 12.2 Å². The van der Waals surface area contributed by atoms with E-state index in [1.807, 2.05) is 48.5 Å². The fraction of sp³-hybridized carbons (Fsp3) is 0.250. The van der Waals surface area contributed by atoms with Gasteiger partial charge in [-0.3, -0.25) is 0 Å². The van der Waals surface area contributed by atoms with Crippen molar-refractivity contribution in [3.8, 4) is 11.5 Å². The van der Waals surface area contributed by atoms with Crippen molar-refractivity contribution < 1.29 is 28.5 Å². The first-order chi connectivity index (χ1) is 14.6.